The maximum atomic E-state index is 12.4. The lowest BCUT2D eigenvalue weighted by molar-refractivity contribution is 0.0950. The van der Waals surface area contributed by atoms with E-state index in [-0.39, 0.29) is 18.4 Å². The lowest BCUT2D eigenvalue weighted by Gasteiger charge is -2.06. The Hall–Kier alpha value is -3.26. The fraction of sp³-hybridized carbons (Fsp3) is 0.211. The summed E-state index contributed by atoms with van der Waals surface area (Å²) >= 11 is 6.07. The highest BCUT2D eigenvalue weighted by Gasteiger charge is 2.18. The van der Waals surface area contributed by atoms with Crippen LogP contribution in [0, 0.1) is 0 Å². The molecule has 4 aromatic rings. The van der Waals surface area contributed by atoms with E-state index >= 15 is 0 Å². The van der Waals surface area contributed by atoms with E-state index in [1.165, 1.54) is 0 Å². The SMILES string of the molecule is CC(C)c1noc(-c2cccn3c(CNC(=O)c4ccccc4Cl)nnc23)n1. The van der Waals surface area contributed by atoms with Crippen molar-refractivity contribution in [3.63, 3.8) is 0 Å². The van der Waals surface area contributed by atoms with Crippen LogP contribution in [0.2, 0.25) is 5.02 Å². The quantitative estimate of drug-likeness (QED) is 0.554. The summed E-state index contributed by atoms with van der Waals surface area (Å²) in [6.45, 7) is 4.17. The molecule has 0 bridgehead atoms. The zero-order chi connectivity index (χ0) is 19.7. The third-order valence-electron chi connectivity index (χ3n) is 4.22. The van der Waals surface area contributed by atoms with E-state index in [0.29, 0.717) is 39.3 Å². The van der Waals surface area contributed by atoms with E-state index < -0.39 is 0 Å². The number of hydrogen-bond acceptors (Lipinski definition) is 6. The molecule has 142 valence electrons. The number of nitrogens with zero attached hydrogens (tertiary/aromatic N) is 5. The van der Waals surface area contributed by atoms with Crippen LogP contribution in [-0.2, 0) is 6.54 Å². The van der Waals surface area contributed by atoms with E-state index in [1.54, 1.807) is 28.7 Å². The van der Waals surface area contributed by atoms with Gasteiger partial charge in [0.05, 0.1) is 22.7 Å². The van der Waals surface area contributed by atoms with Crippen molar-refractivity contribution < 1.29 is 9.32 Å². The maximum Gasteiger partial charge on any atom is 0.261 e. The Morgan fingerprint density at radius 1 is 1.21 bits per heavy atom. The van der Waals surface area contributed by atoms with Crippen molar-refractivity contribution in [2.75, 3.05) is 0 Å². The fourth-order valence-corrected chi connectivity index (χ4v) is 2.95. The number of rotatable bonds is 5. The Bertz CT molecular complexity index is 1150. The first-order valence-electron chi connectivity index (χ1n) is 8.74. The smallest absolute Gasteiger partial charge is 0.261 e. The van der Waals surface area contributed by atoms with Crippen molar-refractivity contribution in [2.45, 2.75) is 26.3 Å². The minimum atomic E-state index is -0.281. The van der Waals surface area contributed by atoms with E-state index in [0.717, 1.165) is 0 Å². The van der Waals surface area contributed by atoms with Crippen LogP contribution in [0.1, 0.15) is 41.8 Å². The van der Waals surface area contributed by atoms with E-state index in [4.69, 9.17) is 16.1 Å². The van der Waals surface area contributed by atoms with Gasteiger partial charge in [-0.3, -0.25) is 9.20 Å². The Balaban J connectivity index is 1.60. The van der Waals surface area contributed by atoms with Gasteiger partial charge in [0.15, 0.2) is 17.3 Å². The molecule has 3 aromatic heterocycles. The summed E-state index contributed by atoms with van der Waals surface area (Å²) in [7, 11) is 0. The van der Waals surface area contributed by atoms with Crippen LogP contribution in [0.3, 0.4) is 0 Å². The van der Waals surface area contributed by atoms with Gasteiger partial charge in [0.25, 0.3) is 11.8 Å². The minimum absolute atomic E-state index is 0.158. The van der Waals surface area contributed by atoms with Crippen LogP contribution in [0.4, 0.5) is 0 Å². The third-order valence-corrected chi connectivity index (χ3v) is 4.55. The molecule has 0 saturated heterocycles. The van der Waals surface area contributed by atoms with Crippen LogP contribution >= 0.6 is 11.6 Å². The number of hydrogen-bond donors (Lipinski definition) is 1. The molecule has 0 spiro atoms. The third kappa shape index (κ3) is 3.34. The van der Waals surface area contributed by atoms with Gasteiger partial charge < -0.3 is 9.84 Å². The summed E-state index contributed by atoms with van der Waals surface area (Å²) in [6, 6.07) is 10.5. The first-order valence-corrected chi connectivity index (χ1v) is 9.11. The molecular formula is C19H17ClN6O2. The second-order valence-electron chi connectivity index (χ2n) is 6.51. The number of amides is 1. The highest BCUT2D eigenvalue weighted by atomic mass is 35.5. The molecule has 0 unspecified atom stereocenters. The summed E-state index contributed by atoms with van der Waals surface area (Å²) < 4.78 is 7.15. The maximum absolute atomic E-state index is 12.4. The second-order valence-corrected chi connectivity index (χ2v) is 6.91. The summed E-state index contributed by atoms with van der Waals surface area (Å²) in [5.74, 6) is 1.46. The van der Waals surface area contributed by atoms with Gasteiger partial charge in [0.1, 0.15) is 0 Å². The second kappa shape index (κ2) is 7.40. The molecular weight excluding hydrogens is 380 g/mol. The van der Waals surface area contributed by atoms with Crippen molar-refractivity contribution in [1.29, 1.82) is 0 Å². The first-order chi connectivity index (χ1) is 13.5. The predicted octanol–water partition coefficient (Wildman–Crippen LogP) is 3.49. The average Bonchev–Trinajstić information content (AvgIpc) is 3.34. The lowest BCUT2D eigenvalue weighted by atomic mass is 10.2. The molecule has 0 fully saturated rings. The summed E-state index contributed by atoms with van der Waals surface area (Å²) in [5, 5.41) is 15.6. The van der Waals surface area contributed by atoms with Crippen LogP contribution in [-0.4, -0.2) is 30.6 Å². The highest BCUT2D eigenvalue weighted by molar-refractivity contribution is 6.33. The summed E-state index contributed by atoms with van der Waals surface area (Å²) in [6.07, 6.45) is 1.82. The topological polar surface area (TPSA) is 98.2 Å². The molecule has 1 N–H and O–H groups in total. The fourth-order valence-electron chi connectivity index (χ4n) is 2.73. The van der Waals surface area contributed by atoms with Crippen LogP contribution in [0.15, 0.2) is 47.1 Å². The number of pyridine rings is 1. The van der Waals surface area contributed by atoms with Gasteiger partial charge in [-0.25, -0.2) is 0 Å². The molecule has 1 aromatic carbocycles. The molecule has 3 heterocycles. The van der Waals surface area contributed by atoms with Crippen molar-refractivity contribution in [2.24, 2.45) is 0 Å². The number of fused-ring (bicyclic) bond motifs is 1. The van der Waals surface area contributed by atoms with E-state index in [9.17, 15) is 4.79 Å². The van der Waals surface area contributed by atoms with Crippen molar-refractivity contribution in [3.8, 4) is 11.5 Å². The molecule has 9 heteroatoms. The number of carbonyl (C=O) groups is 1. The molecule has 1 amide bonds. The Kier molecular flexibility index (Phi) is 4.79. The Morgan fingerprint density at radius 3 is 2.79 bits per heavy atom. The van der Waals surface area contributed by atoms with Crippen LogP contribution < -0.4 is 5.32 Å². The van der Waals surface area contributed by atoms with Crippen molar-refractivity contribution >= 4 is 23.2 Å². The molecule has 8 nitrogen and oxygen atoms in total. The van der Waals surface area contributed by atoms with Crippen LogP contribution in [0.25, 0.3) is 17.1 Å². The Labute approximate surface area is 165 Å². The number of halogens is 1. The standard InChI is InChI=1S/C19H17ClN6O2/c1-11(2)16-22-19(28-25-16)13-7-5-9-26-15(23-24-17(13)26)10-21-18(27)12-6-3-4-8-14(12)20/h3-9,11H,10H2,1-2H3,(H,21,27). The molecule has 28 heavy (non-hydrogen) atoms. The van der Waals surface area contributed by atoms with Crippen LogP contribution in [0.5, 0.6) is 0 Å². The number of nitrogens with one attached hydrogen (secondary N) is 1. The first kappa shape index (κ1) is 18.1. The van der Waals surface area contributed by atoms with E-state index in [1.807, 2.05) is 32.2 Å². The zero-order valence-electron chi connectivity index (χ0n) is 15.3. The largest absolute Gasteiger partial charge is 0.345 e. The monoisotopic (exact) mass is 396 g/mol. The van der Waals surface area contributed by atoms with Gasteiger partial charge in [-0.15, -0.1) is 10.2 Å². The van der Waals surface area contributed by atoms with Gasteiger partial charge in [-0.05, 0) is 24.3 Å². The minimum Gasteiger partial charge on any atom is -0.345 e. The summed E-state index contributed by atoms with van der Waals surface area (Å²) in [4.78, 5) is 16.8. The van der Waals surface area contributed by atoms with Gasteiger partial charge in [0, 0.05) is 12.1 Å². The molecule has 0 aliphatic rings. The molecule has 0 aliphatic carbocycles. The average molecular weight is 397 g/mol. The van der Waals surface area contributed by atoms with Gasteiger partial charge >= 0.3 is 0 Å². The molecule has 0 saturated carbocycles. The highest BCUT2D eigenvalue weighted by Crippen LogP contribution is 2.24. The van der Waals surface area contributed by atoms with Crippen molar-refractivity contribution in [3.05, 3.63) is 64.8 Å². The summed E-state index contributed by atoms with van der Waals surface area (Å²) in [5.41, 5.74) is 1.66. The normalized spacial score (nSPS) is 11.3. The number of carbonyl (C=O) groups excluding carboxylic acids is 1. The zero-order valence-corrected chi connectivity index (χ0v) is 16.0. The molecule has 0 aliphatic heterocycles. The molecule has 4 rings (SSSR count). The Morgan fingerprint density at radius 2 is 2.04 bits per heavy atom. The van der Waals surface area contributed by atoms with Crippen molar-refractivity contribution in [1.82, 2.24) is 30.1 Å². The number of benzene rings is 1. The molecule has 0 atom stereocenters. The van der Waals surface area contributed by atoms with Gasteiger partial charge in [-0.2, -0.15) is 4.98 Å². The lowest BCUT2D eigenvalue weighted by Crippen LogP contribution is -2.24. The number of aromatic nitrogens is 5. The van der Waals surface area contributed by atoms with Gasteiger partial charge in [-0.1, -0.05) is 42.7 Å². The molecule has 0 radical (unpaired) electrons. The van der Waals surface area contributed by atoms with E-state index in [2.05, 4.69) is 25.7 Å². The predicted molar refractivity (Wildman–Crippen MR) is 103 cm³/mol. The van der Waals surface area contributed by atoms with Gasteiger partial charge in [0.2, 0.25) is 0 Å².